The third-order valence-corrected chi connectivity index (χ3v) is 6.12. The van der Waals surface area contributed by atoms with Gasteiger partial charge in [-0.2, -0.15) is 0 Å². The predicted octanol–water partition coefficient (Wildman–Crippen LogP) is 2.91. The number of nitrogens with one attached hydrogen (secondary N) is 1. The predicted molar refractivity (Wildman–Crippen MR) is 126 cm³/mol. The van der Waals surface area contributed by atoms with Gasteiger partial charge in [-0.05, 0) is 37.1 Å². The second-order valence-electron chi connectivity index (χ2n) is 8.38. The van der Waals surface area contributed by atoms with E-state index in [9.17, 15) is 4.79 Å². The number of rotatable bonds is 10. The van der Waals surface area contributed by atoms with Crippen molar-refractivity contribution in [2.75, 3.05) is 38.0 Å². The maximum atomic E-state index is 11.1. The summed E-state index contributed by atoms with van der Waals surface area (Å²) in [6.07, 6.45) is 3.90. The minimum Gasteiger partial charge on any atom is -0.480 e. The smallest absolute Gasteiger partial charge is 0.317 e. The highest BCUT2D eigenvalue weighted by Gasteiger charge is 2.22. The van der Waals surface area contributed by atoms with Crippen LogP contribution in [0.3, 0.4) is 0 Å². The Morgan fingerprint density at radius 1 is 1.19 bits per heavy atom. The molecule has 1 fully saturated rings. The Bertz CT molecular complexity index is 1010. The number of piperidine rings is 1. The maximum Gasteiger partial charge on any atom is 0.317 e. The van der Waals surface area contributed by atoms with Crippen molar-refractivity contribution < 1.29 is 9.90 Å². The number of pyridine rings is 1. The first-order valence-corrected chi connectivity index (χ1v) is 11.4. The number of fused-ring (bicyclic) bond motifs is 1. The average Bonchev–Trinajstić information content (AvgIpc) is 3.15. The number of nitrogens with zero attached hydrogens (tertiary/aromatic N) is 5. The lowest BCUT2D eigenvalue weighted by Gasteiger charge is -2.32. The first kappa shape index (κ1) is 22.2. The van der Waals surface area contributed by atoms with Crippen molar-refractivity contribution in [1.82, 2.24) is 24.3 Å². The molecule has 3 heterocycles. The Morgan fingerprint density at radius 2 is 1.97 bits per heavy atom. The van der Waals surface area contributed by atoms with Gasteiger partial charge in [0, 0.05) is 45.0 Å². The highest BCUT2D eigenvalue weighted by Crippen LogP contribution is 2.22. The van der Waals surface area contributed by atoms with Crippen LogP contribution in [-0.2, 0) is 17.9 Å². The van der Waals surface area contributed by atoms with Crippen LogP contribution in [0.1, 0.15) is 25.3 Å². The SMILES string of the molecule is CCN(CCn1c(NC2CCN(Cc3ccccc3)CC2)nc2cccnc21)CC(=O)O. The number of imidazole rings is 1. The summed E-state index contributed by atoms with van der Waals surface area (Å²) in [5.41, 5.74) is 3.05. The molecule has 0 saturated carbocycles. The molecule has 32 heavy (non-hydrogen) atoms. The van der Waals surface area contributed by atoms with Crippen LogP contribution in [0, 0.1) is 0 Å². The van der Waals surface area contributed by atoms with Gasteiger partial charge in [-0.3, -0.25) is 19.2 Å². The first-order valence-electron chi connectivity index (χ1n) is 11.4. The van der Waals surface area contributed by atoms with Crippen LogP contribution in [0.15, 0.2) is 48.7 Å². The van der Waals surface area contributed by atoms with Crippen LogP contribution in [-0.4, -0.2) is 74.2 Å². The molecule has 3 aromatic rings. The van der Waals surface area contributed by atoms with Crippen LogP contribution in [0.25, 0.3) is 11.2 Å². The van der Waals surface area contributed by atoms with Crippen LogP contribution < -0.4 is 5.32 Å². The molecule has 8 nitrogen and oxygen atoms in total. The second-order valence-corrected chi connectivity index (χ2v) is 8.38. The molecule has 1 aromatic carbocycles. The van der Waals surface area contributed by atoms with Crippen LogP contribution in [0.4, 0.5) is 5.95 Å². The van der Waals surface area contributed by atoms with Crippen molar-refractivity contribution >= 4 is 23.1 Å². The zero-order valence-corrected chi connectivity index (χ0v) is 18.7. The van der Waals surface area contributed by atoms with Gasteiger partial charge in [0.05, 0.1) is 6.54 Å². The van der Waals surface area contributed by atoms with E-state index in [0.717, 1.165) is 49.6 Å². The topological polar surface area (TPSA) is 86.5 Å². The summed E-state index contributed by atoms with van der Waals surface area (Å²) in [6, 6.07) is 14.8. The lowest BCUT2D eigenvalue weighted by Crippen LogP contribution is -2.39. The Hall–Kier alpha value is -2.97. The molecular formula is C24H32N6O2. The summed E-state index contributed by atoms with van der Waals surface area (Å²) in [6.45, 7) is 7.08. The largest absolute Gasteiger partial charge is 0.480 e. The van der Waals surface area contributed by atoms with E-state index in [0.29, 0.717) is 25.7 Å². The summed E-state index contributed by atoms with van der Waals surface area (Å²) in [5, 5.41) is 12.8. The zero-order chi connectivity index (χ0) is 22.3. The summed E-state index contributed by atoms with van der Waals surface area (Å²) in [7, 11) is 0. The molecule has 1 saturated heterocycles. The van der Waals surface area contributed by atoms with Crippen molar-refractivity contribution in [3.8, 4) is 0 Å². The molecule has 0 amide bonds. The van der Waals surface area contributed by atoms with E-state index < -0.39 is 5.97 Å². The van der Waals surface area contributed by atoms with Gasteiger partial charge in [-0.1, -0.05) is 37.3 Å². The third-order valence-electron chi connectivity index (χ3n) is 6.12. The molecule has 0 atom stereocenters. The van der Waals surface area contributed by atoms with Gasteiger partial charge in [0.1, 0.15) is 5.52 Å². The van der Waals surface area contributed by atoms with Gasteiger partial charge < -0.3 is 10.4 Å². The van der Waals surface area contributed by atoms with Gasteiger partial charge in [-0.25, -0.2) is 9.97 Å². The van der Waals surface area contributed by atoms with E-state index in [-0.39, 0.29) is 6.54 Å². The number of likely N-dealkylation sites (N-methyl/N-ethyl adjacent to an activating group) is 1. The number of benzene rings is 1. The van der Waals surface area contributed by atoms with Crippen LogP contribution in [0.5, 0.6) is 0 Å². The quantitative estimate of drug-likeness (QED) is 0.505. The van der Waals surface area contributed by atoms with Crippen LogP contribution >= 0.6 is 0 Å². The van der Waals surface area contributed by atoms with E-state index >= 15 is 0 Å². The summed E-state index contributed by atoms with van der Waals surface area (Å²) < 4.78 is 2.09. The number of hydrogen-bond donors (Lipinski definition) is 2. The van der Waals surface area contributed by atoms with E-state index in [2.05, 4.69) is 50.1 Å². The van der Waals surface area contributed by atoms with Gasteiger partial charge in [-0.15, -0.1) is 0 Å². The van der Waals surface area contributed by atoms with Gasteiger partial charge in [0.15, 0.2) is 5.65 Å². The molecule has 0 unspecified atom stereocenters. The lowest BCUT2D eigenvalue weighted by atomic mass is 10.0. The summed E-state index contributed by atoms with van der Waals surface area (Å²) >= 11 is 0. The fourth-order valence-corrected chi connectivity index (χ4v) is 4.32. The number of carbonyl (C=O) groups is 1. The van der Waals surface area contributed by atoms with Gasteiger partial charge >= 0.3 is 5.97 Å². The van der Waals surface area contributed by atoms with Crippen molar-refractivity contribution in [2.45, 2.75) is 38.9 Å². The fourth-order valence-electron chi connectivity index (χ4n) is 4.32. The monoisotopic (exact) mass is 436 g/mol. The highest BCUT2D eigenvalue weighted by molar-refractivity contribution is 5.74. The molecular weight excluding hydrogens is 404 g/mol. The lowest BCUT2D eigenvalue weighted by molar-refractivity contribution is -0.138. The molecule has 0 radical (unpaired) electrons. The number of carboxylic acids is 1. The van der Waals surface area contributed by atoms with Crippen molar-refractivity contribution in [1.29, 1.82) is 0 Å². The first-order chi connectivity index (χ1) is 15.6. The van der Waals surface area contributed by atoms with E-state index in [1.807, 2.05) is 24.0 Å². The Balaban J connectivity index is 1.40. The Labute approximate surface area is 188 Å². The van der Waals surface area contributed by atoms with E-state index in [1.54, 1.807) is 6.20 Å². The van der Waals surface area contributed by atoms with E-state index in [4.69, 9.17) is 10.1 Å². The molecule has 8 heteroatoms. The molecule has 1 aliphatic rings. The summed E-state index contributed by atoms with van der Waals surface area (Å²) in [5.74, 6) is 0.0210. The standard InChI is InChI=1S/C24H32N6O2/c1-2-28(18-22(31)32)15-16-30-23-21(9-6-12-25-23)27-24(30)26-20-10-13-29(14-11-20)17-19-7-4-3-5-8-19/h3-9,12,20H,2,10-11,13-18H2,1H3,(H,26,27)(H,31,32). The maximum absolute atomic E-state index is 11.1. The Morgan fingerprint density at radius 3 is 2.69 bits per heavy atom. The molecule has 1 aliphatic heterocycles. The molecule has 0 spiro atoms. The zero-order valence-electron chi connectivity index (χ0n) is 18.7. The molecule has 2 N–H and O–H groups in total. The molecule has 0 bridgehead atoms. The number of likely N-dealkylation sites (tertiary alicyclic amines) is 1. The minimum absolute atomic E-state index is 0.0409. The van der Waals surface area contributed by atoms with Gasteiger partial charge in [0.2, 0.25) is 5.95 Å². The molecule has 170 valence electrons. The molecule has 4 rings (SSSR count). The number of anilines is 1. The fraction of sp³-hybridized carbons (Fsp3) is 0.458. The highest BCUT2D eigenvalue weighted by atomic mass is 16.4. The molecule has 2 aromatic heterocycles. The van der Waals surface area contributed by atoms with Crippen molar-refractivity contribution in [2.24, 2.45) is 0 Å². The number of aliphatic carboxylic acids is 1. The summed E-state index contributed by atoms with van der Waals surface area (Å²) in [4.78, 5) is 24.9. The van der Waals surface area contributed by atoms with Crippen molar-refractivity contribution in [3.05, 3.63) is 54.2 Å². The number of aromatic nitrogens is 3. The number of carboxylic acid groups (broad SMARTS) is 1. The minimum atomic E-state index is -0.805. The van der Waals surface area contributed by atoms with E-state index in [1.165, 1.54) is 5.56 Å². The normalized spacial score (nSPS) is 15.4. The molecule has 0 aliphatic carbocycles. The van der Waals surface area contributed by atoms with Crippen molar-refractivity contribution in [3.63, 3.8) is 0 Å². The number of hydrogen-bond acceptors (Lipinski definition) is 6. The van der Waals surface area contributed by atoms with Crippen LogP contribution in [0.2, 0.25) is 0 Å². The second kappa shape index (κ2) is 10.6. The average molecular weight is 437 g/mol. The third kappa shape index (κ3) is 5.63. The van der Waals surface area contributed by atoms with Gasteiger partial charge in [0.25, 0.3) is 0 Å². The Kier molecular flexibility index (Phi) is 7.34.